The Labute approximate surface area is 125 Å². The largest absolute Gasteiger partial charge is 0.399 e. The van der Waals surface area contributed by atoms with E-state index in [0.29, 0.717) is 0 Å². The van der Waals surface area contributed by atoms with Crippen molar-refractivity contribution in [1.82, 2.24) is 0 Å². The number of hydrogen-bond donors (Lipinski definition) is 2. The fourth-order valence-electron chi connectivity index (χ4n) is 2.58. The summed E-state index contributed by atoms with van der Waals surface area (Å²) in [6, 6.07) is 24.4. The van der Waals surface area contributed by atoms with E-state index in [0.717, 1.165) is 17.8 Å². The molecule has 0 bridgehead atoms. The monoisotopic (exact) mass is 274 g/mol. The Kier molecular flexibility index (Phi) is 3.61. The van der Waals surface area contributed by atoms with Gasteiger partial charge in [-0.1, -0.05) is 48.5 Å². The maximum atomic E-state index is 5.37. The van der Waals surface area contributed by atoms with E-state index in [1.165, 1.54) is 22.3 Å². The molecule has 0 aromatic heterocycles. The third kappa shape index (κ3) is 2.90. The van der Waals surface area contributed by atoms with E-state index in [1.54, 1.807) is 24.3 Å². The summed E-state index contributed by atoms with van der Waals surface area (Å²) in [6.07, 6.45) is 1.10. The van der Waals surface area contributed by atoms with Gasteiger partial charge in [-0.15, -0.1) is 0 Å². The van der Waals surface area contributed by atoms with E-state index in [9.17, 15) is 0 Å². The summed E-state index contributed by atoms with van der Waals surface area (Å²) in [6.45, 7) is 0. The molecular formula is C19H18N2. The SMILES string of the molecule is Nc1ccc(N)cc1.c1ccc2c(c1)Cc1ccccc1-2. The van der Waals surface area contributed by atoms with Crippen molar-refractivity contribution in [2.75, 3.05) is 11.5 Å². The van der Waals surface area contributed by atoms with Crippen molar-refractivity contribution in [2.24, 2.45) is 0 Å². The van der Waals surface area contributed by atoms with E-state index in [2.05, 4.69) is 48.5 Å². The Balaban J connectivity index is 0.000000143. The lowest BCUT2D eigenvalue weighted by Crippen LogP contribution is -1.86. The van der Waals surface area contributed by atoms with Gasteiger partial charge in [0.1, 0.15) is 0 Å². The van der Waals surface area contributed by atoms with Gasteiger partial charge in [0.15, 0.2) is 0 Å². The predicted octanol–water partition coefficient (Wildman–Crippen LogP) is 4.11. The summed E-state index contributed by atoms with van der Waals surface area (Å²) in [5, 5.41) is 0. The molecule has 0 unspecified atom stereocenters. The van der Waals surface area contributed by atoms with Crippen LogP contribution in [0.2, 0.25) is 0 Å². The number of rotatable bonds is 0. The van der Waals surface area contributed by atoms with Gasteiger partial charge in [-0.25, -0.2) is 0 Å². The summed E-state index contributed by atoms with van der Waals surface area (Å²) in [5.74, 6) is 0. The molecule has 1 aliphatic carbocycles. The van der Waals surface area contributed by atoms with Crippen LogP contribution < -0.4 is 11.5 Å². The van der Waals surface area contributed by atoms with Crippen LogP contribution in [0, 0.1) is 0 Å². The Morgan fingerprint density at radius 3 is 1.33 bits per heavy atom. The summed E-state index contributed by atoms with van der Waals surface area (Å²) >= 11 is 0. The normalized spacial score (nSPS) is 11.0. The molecular weight excluding hydrogens is 256 g/mol. The third-order valence-electron chi connectivity index (χ3n) is 3.64. The summed E-state index contributed by atoms with van der Waals surface area (Å²) in [4.78, 5) is 0. The van der Waals surface area contributed by atoms with Crippen molar-refractivity contribution in [3.8, 4) is 11.1 Å². The van der Waals surface area contributed by atoms with Gasteiger partial charge in [0.05, 0.1) is 0 Å². The molecule has 0 radical (unpaired) electrons. The highest BCUT2D eigenvalue weighted by molar-refractivity contribution is 5.76. The molecule has 4 N–H and O–H groups in total. The Bertz CT molecular complexity index is 681. The molecule has 2 nitrogen and oxygen atoms in total. The van der Waals surface area contributed by atoms with E-state index < -0.39 is 0 Å². The van der Waals surface area contributed by atoms with Gasteiger partial charge in [-0.2, -0.15) is 0 Å². The Morgan fingerprint density at radius 2 is 0.905 bits per heavy atom. The van der Waals surface area contributed by atoms with Crippen LogP contribution in [-0.4, -0.2) is 0 Å². The molecule has 0 amide bonds. The maximum absolute atomic E-state index is 5.37. The van der Waals surface area contributed by atoms with Crippen LogP contribution in [0.4, 0.5) is 11.4 Å². The number of hydrogen-bond acceptors (Lipinski definition) is 2. The number of nitrogens with two attached hydrogens (primary N) is 2. The minimum absolute atomic E-state index is 0.749. The predicted molar refractivity (Wildman–Crippen MR) is 90.0 cm³/mol. The van der Waals surface area contributed by atoms with Gasteiger partial charge in [0, 0.05) is 11.4 Å². The molecule has 0 heterocycles. The Morgan fingerprint density at radius 1 is 0.524 bits per heavy atom. The van der Waals surface area contributed by atoms with Crippen LogP contribution in [0.25, 0.3) is 11.1 Å². The van der Waals surface area contributed by atoms with Gasteiger partial charge in [0.25, 0.3) is 0 Å². The molecule has 2 heteroatoms. The minimum atomic E-state index is 0.749. The second-order valence-electron chi connectivity index (χ2n) is 5.16. The van der Waals surface area contributed by atoms with Crippen molar-refractivity contribution in [1.29, 1.82) is 0 Å². The average molecular weight is 274 g/mol. The molecule has 3 aromatic carbocycles. The highest BCUT2D eigenvalue weighted by Gasteiger charge is 2.15. The molecule has 0 spiro atoms. The van der Waals surface area contributed by atoms with E-state index in [-0.39, 0.29) is 0 Å². The fraction of sp³-hybridized carbons (Fsp3) is 0.0526. The molecule has 0 saturated heterocycles. The first-order valence-corrected chi connectivity index (χ1v) is 7.01. The third-order valence-corrected chi connectivity index (χ3v) is 3.64. The lowest BCUT2D eigenvalue weighted by molar-refractivity contribution is 1.26. The molecule has 0 saturated carbocycles. The van der Waals surface area contributed by atoms with Gasteiger partial charge in [-0.3, -0.25) is 0 Å². The minimum Gasteiger partial charge on any atom is -0.399 e. The quantitative estimate of drug-likeness (QED) is 0.474. The highest BCUT2D eigenvalue weighted by atomic mass is 14.6. The van der Waals surface area contributed by atoms with Crippen molar-refractivity contribution >= 4 is 11.4 Å². The molecule has 104 valence electrons. The van der Waals surface area contributed by atoms with Crippen LogP contribution >= 0.6 is 0 Å². The van der Waals surface area contributed by atoms with E-state index in [4.69, 9.17) is 11.5 Å². The van der Waals surface area contributed by atoms with Gasteiger partial charge < -0.3 is 11.5 Å². The zero-order chi connectivity index (χ0) is 14.7. The van der Waals surface area contributed by atoms with Gasteiger partial charge in [0.2, 0.25) is 0 Å². The average Bonchev–Trinajstić information content (AvgIpc) is 2.90. The second-order valence-corrected chi connectivity index (χ2v) is 5.16. The highest BCUT2D eigenvalue weighted by Crippen LogP contribution is 2.35. The number of fused-ring (bicyclic) bond motifs is 3. The van der Waals surface area contributed by atoms with Crippen LogP contribution in [0.3, 0.4) is 0 Å². The van der Waals surface area contributed by atoms with Crippen molar-refractivity contribution in [2.45, 2.75) is 6.42 Å². The number of nitrogen functional groups attached to an aromatic ring is 2. The van der Waals surface area contributed by atoms with E-state index in [1.807, 2.05) is 0 Å². The summed E-state index contributed by atoms with van der Waals surface area (Å²) in [7, 11) is 0. The van der Waals surface area contributed by atoms with Crippen LogP contribution in [0.15, 0.2) is 72.8 Å². The Hall–Kier alpha value is -2.74. The van der Waals surface area contributed by atoms with E-state index >= 15 is 0 Å². The molecule has 0 atom stereocenters. The van der Waals surface area contributed by atoms with Crippen LogP contribution in [-0.2, 0) is 6.42 Å². The number of benzene rings is 3. The second kappa shape index (κ2) is 5.71. The van der Waals surface area contributed by atoms with Gasteiger partial charge >= 0.3 is 0 Å². The molecule has 3 aromatic rings. The molecule has 1 aliphatic rings. The lowest BCUT2D eigenvalue weighted by atomic mass is 10.1. The summed E-state index contributed by atoms with van der Waals surface area (Å²) in [5.41, 5.74) is 18.0. The maximum Gasteiger partial charge on any atom is 0.0315 e. The molecule has 0 aliphatic heterocycles. The van der Waals surface area contributed by atoms with Crippen molar-refractivity contribution in [3.63, 3.8) is 0 Å². The first-order chi connectivity index (χ1) is 10.2. The first kappa shape index (κ1) is 13.3. The fourth-order valence-corrected chi connectivity index (χ4v) is 2.58. The van der Waals surface area contributed by atoms with Gasteiger partial charge in [-0.05, 0) is 52.9 Å². The zero-order valence-electron chi connectivity index (χ0n) is 11.8. The molecule has 0 fully saturated rings. The topological polar surface area (TPSA) is 52.0 Å². The molecule has 21 heavy (non-hydrogen) atoms. The number of anilines is 2. The van der Waals surface area contributed by atoms with Crippen molar-refractivity contribution in [3.05, 3.63) is 83.9 Å². The lowest BCUT2D eigenvalue weighted by Gasteiger charge is -1.98. The van der Waals surface area contributed by atoms with Crippen LogP contribution in [0.1, 0.15) is 11.1 Å². The smallest absolute Gasteiger partial charge is 0.0315 e. The van der Waals surface area contributed by atoms with Crippen LogP contribution in [0.5, 0.6) is 0 Å². The zero-order valence-corrected chi connectivity index (χ0v) is 11.8. The standard InChI is InChI=1S/C13H10.C6H8N2/c1-3-7-12-10(5-1)9-11-6-2-4-8-13(11)12;7-5-1-2-6(8)4-3-5/h1-8H,9H2;1-4H,7-8H2. The summed E-state index contributed by atoms with van der Waals surface area (Å²) < 4.78 is 0. The molecule has 4 rings (SSSR count). The first-order valence-electron chi connectivity index (χ1n) is 7.01. The van der Waals surface area contributed by atoms with Crippen molar-refractivity contribution < 1.29 is 0 Å².